The van der Waals surface area contributed by atoms with Crippen molar-refractivity contribution in [1.82, 2.24) is 25.3 Å². The lowest BCUT2D eigenvalue weighted by atomic mass is 10.1. The first-order chi connectivity index (χ1) is 13.6. The molecule has 6 nitrogen and oxygen atoms in total. The second kappa shape index (κ2) is 9.73. The number of nitrogens with zero attached hydrogens (tertiary/aromatic N) is 4. The van der Waals surface area contributed by atoms with Gasteiger partial charge in [-0.3, -0.25) is 9.58 Å². The lowest BCUT2D eigenvalue weighted by molar-refractivity contribution is 0.245. The Hall–Kier alpha value is -2.34. The maximum absolute atomic E-state index is 4.83. The van der Waals surface area contributed by atoms with Crippen LogP contribution < -0.4 is 10.6 Å². The van der Waals surface area contributed by atoms with Gasteiger partial charge >= 0.3 is 0 Å². The fraction of sp³-hybridized carbons (Fsp3) is 0.545. The van der Waals surface area contributed by atoms with E-state index in [1.807, 2.05) is 11.7 Å². The van der Waals surface area contributed by atoms with E-state index in [2.05, 4.69) is 71.7 Å². The third-order valence-corrected chi connectivity index (χ3v) is 5.63. The summed E-state index contributed by atoms with van der Waals surface area (Å²) in [6.07, 6.45) is 2.58. The molecular weight excluding hydrogens is 348 g/mol. The maximum atomic E-state index is 4.83. The summed E-state index contributed by atoms with van der Waals surface area (Å²) in [7, 11) is 1.99. The molecule has 1 aliphatic heterocycles. The summed E-state index contributed by atoms with van der Waals surface area (Å²) in [6.45, 7) is 10.9. The van der Waals surface area contributed by atoms with Crippen molar-refractivity contribution in [2.24, 2.45) is 12.0 Å². The summed E-state index contributed by atoms with van der Waals surface area (Å²) < 4.78 is 1.93. The summed E-state index contributed by atoms with van der Waals surface area (Å²) in [4.78, 5) is 7.42. The quantitative estimate of drug-likeness (QED) is 0.571. The Morgan fingerprint density at radius 3 is 2.46 bits per heavy atom. The highest BCUT2D eigenvalue weighted by molar-refractivity contribution is 5.79. The molecule has 28 heavy (non-hydrogen) atoms. The van der Waals surface area contributed by atoms with Crippen molar-refractivity contribution < 1.29 is 0 Å². The third-order valence-electron chi connectivity index (χ3n) is 5.63. The molecule has 0 bridgehead atoms. The number of nitrogens with one attached hydrogen (secondary N) is 2. The molecule has 2 aromatic rings. The molecule has 2 N–H and O–H groups in total. The van der Waals surface area contributed by atoms with Gasteiger partial charge in [0.15, 0.2) is 5.96 Å². The van der Waals surface area contributed by atoms with Crippen LogP contribution >= 0.6 is 0 Å². The minimum absolute atomic E-state index is 0.370. The molecule has 1 fully saturated rings. The van der Waals surface area contributed by atoms with Crippen molar-refractivity contribution in [3.05, 3.63) is 52.8 Å². The Bertz CT molecular complexity index is 774. The molecule has 0 saturated carbocycles. The van der Waals surface area contributed by atoms with E-state index in [4.69, 9.17) is 4.99 Å². The van der Waals surface area contributed by atoms with Crippen LogP contribution in [-0.2, 0) is 13.6 Å². The first-order valence-corrected chi connectivity index (χ1v) is 10.4. The van der Waals surface area contributed by atoms with Gasteiger partial charge in [0.05, 0.1) is 18.3 Å². The van der Waals surface area contributed by atoms with Gasteiger partial charge in [-0.2, -0.15) is 5.10 Å². The second-order valence-corrected chi connectivity index (χ2v) is 7.52. The zero-order chi connectivity index (χ0) is 19.9. The van der Waals surface area contributed by atoms with Crippen LogP contribution in [0.5, 0.6) is 0 Å². The van der Waals surface area contributed by atoms with Crippen molar-refractivity contribution in [3.63, 3.8) is 0 Å². The van der Waals surface area contributed by atoms with E-state index >= 15 is 0 Å². The average Bonchev–Trinajstić information content (AvgIpc) is 3.30. The van der Waals surface area contributed by atoms with Crippen LogP contribution in [0.2, 0.25) is 0 Å². The summed E-state index contributed by atoms with van der Waals surface area (Å²) in [6, 6.07) is 11.2. The first-order valence-electron chi connectivity index (χ1n) is 10.4. The van der Waals surface area contributed by atoms with Crippen molar-refractivity contribution in [1.29, 1.82) is 0 Å². The number of hydrogen-bond acceptors (Lipinski definition) is 3. The highest BCUT2D eigenvalue weighted by Gasteiger charge is 2.23. The van der Waals surface area contributed by atoms with Crippen molar-refractivity contribution in [2.45, 2.75) is 46.2 Å². The van der Waals surface area contributed by atoms with Crippen LogP contribution in [0.25, 0.3) is 0 Å². The standard InChI is InChI=1S/C22H34N6/c1-5-23-22(24-15-20-17(2)26-27(4)18(20)3)25-16-21(28-13-9-10-14-28)19-11-7-6-8-12-19/h6-8,11-12,21H,5,9-10,13-16H2,1-4H3,(H2,23,24,25). The predicted octanol–water partition coefficient (Wildman–Crippen LogP) is 2.93. The van der Waals surface area contributed by atoms with Crippen LogP contribution in [0.4, 0.5) is 0 Å². The molecule has 6 heteroatoms. The zero-order valence-corrected chi connectivity index (χ0v) is 17.7. The van der Waals surface area contributed by atoms with E-state index in [-0.39, 0.29) is 0 Å². The lowest BCUT2D eigenvalue weighted by Gasteiger charge is -2.29. The molecule has 1 unspecified atom stereocenters. The SMILES string of the molecule is CCNC(=NCc1c(C)nn(C)c1C)NCC(c1ccccc1)N1CCCC1. The highest BCUT2D eigenvalue weighted by Crippen LogP contribution is 2.24. The van der Waals surface area contributed by atoms with Crippen molar-refractivity contribution >= 4 is 5.96 Å². The lowest BCUT2D eigenvalue weighted by Crippen LogP contribution is -2.42. The summed E-state index contributed by atoms with van der Waals surface area (Å²) in [5.74, 6) is 0.866. The Balaban J connectivity index is 1.71. The third kappa shape index (κ3) is 4.93. The molecule has 0 radical (unpaired) electrons. The van der Waals surface area contributed by atoms with E-state index < -0.39 is 0 Å². The van der Waals surface area contributed by atoms with Gasteiger partial charge in [0.25, 0.3) is 0 Å². The fourth-order valence-electron chi connectivity index (χ4n) is 3.93. The number of aryl methyl sites for hydroxylation is 2. The van der Waals surface area contributed by atoms with E-state index in [1.54, 1.807) is 0 Å². The second-order valence-electron chi connectivity index (χ2n) is 7.52. The van der Waals surface area contributed by atoms with Crippen LogP contribution in [0.1, 0.15) is 48.3 Å². The van der Waals surface area contributed by atoms with Gasteiger partial charge in [0.2, 0.25) is 0 Å². The van der Waals surface area contributed by atoms with Gasteiger partial charge in [-0.05, 0) is 52.3 Å². The van der Waals surface area contributed by atoms with E-state index in [0.29, 0.717) is 12.6 Å². The van der Waals surface area contributed by atoms with Crippen LogP contribution in [0.15, 0.2) is 35.3 Å². The number of likely N-dealkylation sites (tertiary alicyclic amines) is 1. The molecule has 0 spiro atoms. The summed E-state index contributed by atoms with van der Waals surface area (Å²) in [5.41, 5.74) is 4.81. The number of benzene rings is 1. The predicted molar refractivity (Wildman–Crippen MR) is 115 cm³/mol. The highest BCUT2D eigenvalue weighted by atomic mass is 15.3. The van der Waals surface area contributed by atoms with Crippen molar-refractivity contribution in [3.8, 4) is 0 Å². The van der Waals surface area contributed by atoms with Gasteiger partial charge in [-0.15, -0.1) is 0 Å². The van der Waals surface area contributed by atoms with Crippen LogP contribution in [-0.4, -0.2) is 46.8 Å². The van der Waals surface area contributed by atoms with E-state index in [1.165, 1.54) is 42.8 Å². The van der Waals surface area contributed by atoms with Gasteiger partial charge in [-0.1, -0.05) is 30.3 Å². The number of aliphatic imine (C=N–C) groups is 1. The zero-order valence-electron chi connectivity index (χ0n) is 17.7. The topological polar surface area (TPSA) is 57.5 Å². The fourth-order valence-corrected chi connectivity index (χ4v) is 3.93. The van der Waals surface area contributed by atoms with Gasteiger partial charge in [-0.25, -0.2) is 4.99 Å². The van der Waals surface area contributed by atoms with Crippen molar-refractivity contribution in [2.75, 3.05) is 26.2 Å². The molecule has 2 heterocycles. The molecule has 1 aliphatic rings. The molecule has 1 saturated heterocycles. The molecule has 1 aromatic carbocycles. The molecule has 0 aliphatic carbocycles. The Morgan fingerprint density at radius 1 is 1.14 bits per heavy atom. The smallest absolute Gasteiger partial charge is 0.191 e. The maximum Gasteiger partial charge on any atom is 0.191 e. The minimum atomic E-state index is 0.370. The molecular formula is C22H34N6. The first kappa shape index (κ1) is 20.4. The molecule has 3 rings (SSSR count). The largest absolute Gasteiger partial charge is 0.357 e. The van der Waals surface area contributed by atoms with E-state index in [9.17, 15) is 0 Å². The normalized spacial score (nSPS) is 16.4. The number of aromatic nitrogens is 2. The Morgan fingerprint density at radius 2 is 1.86 bits per heavy atom. The monoisotopic (exact) mass is 382 g/mol. The molecule has 152 valence electrons. The van der Waals surface area contributed by atoms with E-state index in [0.717, 1.165) is 24.7 Å². The van der Waals surface area contributed by atoms with Gasteiger partial charge in [0, 0.05) is 31.4 Å². The number of guanidine groups is 1. The minimum Gasteiger partial charge on any atom is -0.357 e. The number of hydrogen-bond donors (Lipinski definition) is 2. The molecule has 0 amide bonds. The Kier molecular flexibility index (Phi) is 7.09. The molecule has 1 atom stereocenters. The van der Waals surface area contributed by atoms with Gasteiger partial charge in [0.1, 0.15) is 0 Å². The van der Waals surface area contributed by atoms with Crippen LogP contribution in [0, 0.1) is 13.8 Å². The average molecular weight is 383 g/mol. The van der Waals surface area contributed by atoms with Crippen LogP contribution in [0.3, 0.4) is 0 Å². The van der Waals surface area contributed by atoms with Gasteiger partial charge < -0.3 is 10.6 Å². The summed E-state index contributed by atoms with van der Waals surface area (Å²) in [5, 5.41) is 11.5. The Labute approximate surface area is 169 Å². The number of rotatable bonds is 7. The summed E-state index contributed by atoms with van der Waals surface area (Å²) >= 11 is 0. The molecule has 1 aromatic heterocycles.